The Kier molecular flexibility index (Phi) is 15.5. The van der Waals surface area contributed by atoms with Gasteiger partial charge >= 0.3 is 14.1 Å². The number of carbonyl (C=O) groups excluding carboxylic acids is 1. The lowest BCUT2D eigenvalue weighted by Gasteiger charge is -2.21. The highest BCUT2D eigenvalue weighted by molar-refractivity contribution is 7.37. The Balaban J connectivity index is 2.44. The quantitative estimate of drug-likeness (QED) is 0.151. The van der Waals surface area contributed by atoms with Crippen molar-refractivity contribution >= 4 is 14.1 Å². The molecule has 0 saturated carbocycles. The van der Waals surface area contributed by atoms with E-state index in [0.29, 0.717) is 5.75 Å². The molecule has 0 bridgehead atoms. The number of benzene rings is 1. The van der Waals surface area contributed by atoms with Crippen LogP contribution in [-0.2, 0) is 14.1 Å². The Morgan fingerprint density at radius 1 is 0.900 bits per heavy atom. The molecule has 0 aliphatic rings. The van der Waals surface area contributed by atoms with E-state index in [9.17, 15) is 9.36 Å². The number of nitrogens with one attached hydrogen (secondary N) is 1. The molecule has 0 fully saturated rings. The van der Waals surface area contributed by atoms with E-state index in [1.165, 1.54) is 51.4 Å². The van der Waals surface area contributed by atoms with Crippen LogP contribution in [0, 0.1) is 0 Å². The third-order valence-electron chi connectivity index (χ3n) is 5.18. The summed E-state index contributed by atoms with van der Waals surface area (Å²) < 4.78 is 23.4. The second-order valence-electron chi connectivity index (χ2n) is 8.03. The minimum atomic E-state index is -2.58. The number of ether oxygens (including phenoxy) is 1. The van der Waals surface area contributed by atoms with Gasteiger partial charge in [0.2, 0.25) is 0 Å². The smallest absolute Gasteiger partial charge is 0.323 e. The molecule has 6 heteroatoms. The monoisotopic (exact) mass is 439 g/mol. The number of rotatable bonds is 18. The third-order valence-corrected chi connectivity index (χ3v) is 6.27. The van der Waals surface area contributed by atoms with Gasteiger partial charge in [-0.1, -0.05) is 83.4 Å². The summed E-state index contributed by atoms with van der Waals surface area (Å²) in [6, 6.07) is 8.30. The van der Waals surface area contributed by atoms with E-state index < -0.39 is 14.2 Å². The van der Waals surface area contributed by atoms with Crippen LogP contribution in [0.4, 0.5) is 0 Å². The number of hydrogen-bond donors (Lipinski definition) is 1. The number of unbranched alkanes of at least 4 members (excludes halogenated alkanes) is 8. The van der Waals surface area contributed by atoms with Gasteiger partial charge in [-0.3, -0.25) is 9.36 Å². The van der Waals surface area contributed by atoms with Gasteiger partial charge in [-0.15, -0.1) is 0 Å². The molecule has 172 valence electrons. The molecule has 0 spiro atoms. The molecule has 0 aliphatic carbocycles. The first kappa shape index (κ1) is 26.7. The Hall–Kier alpha value is -1.32. The normalized spacial score (nSPS) is 13.2. The average molecular weight is 440 g/mol. The van der Waals surface area contributed by atoms with Crippen LogP contribution in [0.3, 0.4) is 0 Å². The fourth-order valence-electron chi connectivity index (χ4n) is 3.34. The van der Waals surface area contributed by atoms with Crippen molar-refractivity contribution in [1.29, 1.82) is 0 Å². The molecule has 1 N–H and O–H groups in total. The average Bonchev–Trinajstić information content (AvgIpc) is 2.73. The van der Waals surface area contributed by atoms with Gasteiger partial charge in [0.1, 0.15) is 17.9 Å². The van der Waals surface area contributed by atoms with E-state index in [4.69, 9.17) is 9.26 Å². The Bertz CT molecular complexity index is 568. The highest BCUT2D eigenvalue weighted by Gasteiger charge is 2.21. The Morgan fingerprint density at radius 2 is 1.43 bits per heavy atom. The molecule has 0 heterocycles. The summed E-state index contributed by atoms with van der Waals surface area (Å²) in [6.07, 6.45) is 13.8. The summed E-state index contributed by atoms with van der Waals surface area (Å²) in [5.74, 6) is 0.170. The molecule has 2 atom stereocenters. The first-order valence-electron chi connectivity index (χ1n) is 11.8. The van der Waals surface area contributed by atoms with Gasteiger partial charge in [-0.05, 0) is 44.7 Å². The van der Waals surface area contributed by atoms with Crippen LogP contribution in [0.2, 0.25) is 0 Å². The first-order chi connectivity index (χ1) is 14.6. The van der Waals surface area contributed by atoms with Crippen LogP contribution in [0.25, 0.3) is 0 Å². The van der Waals surface area contributed by atoms with Crippen LogP contribution < -0.4 is 9.61 Å². The van der Waals surface area contributed by atoms with E-state index in [1.54, 1.807) is 19.1 Å². The second kappa shape index (κ2) is 17.4. The standard InChI is InChI=1S/C24H42NO4P/c1-4-6-8-10-13-17-22(18-14-11-9-7-5-2)28-24(26)21(3)25-30(27)29-23-19-15-12-16-20-23/h12,15-16,19-22,30H,4-11,13-14,17-18H2,1-3H3,(H,25,27)/t21-/m0/s1. The molecular formula is C24H42NO4P. The van der Waals surface area contributed by atoms with Crippen molar-refractivity contribution in [2.45, 2.75) is 110 Å². The van der Waals surface area contributed by atoms with Crippen LogP contribution in [-0.4, -0.2) is 18.1 Å². The predicted molar refractivity (Wildman–Crippen MR) is 125 cm³/mol. The molecule has 0 amide bonds. The van der Waals surface area contributed by atoms with Gasteiger partial charge in [-0.2, -0.15) is 0 Å². The van der Waals surface area contributed by atoms with Crippen molar-refractivity contribution in [3.05, 3.63) is 30.3 Å². The highest BCUT2D eigenvalue weighted by atomic mass is 31.1. The van der Waals surface area contributed by atoms with Crippen molar-refractivity contribution < 1.29 is 18.6 Å². The molecule has 0 radical (unpaired) electrons. The molecule has 5 nitrogen and oxygen atoms in total. The number of para-hydroxylation sites is 1. The molecule has 1 aromatic carbocycles. The number of esters is 1. The van der Waals surface area contributed by atoms with E-state index in [0.717, 1.165) is 25.7 Å². The zero-order valence-electron chi connectivity index (χ0n) is 19.2. The van der Waals surface area contributed by atoms with E-state index >= 15 is 0 Å². The zero-order valence-corrected chi connectivity index (χ0v) is 20.2. The minimum Gasteiger partial charge on any atom is -0.461 e. The van der Waals surface area contributed by atoms with Crippen LogP contribution in [0.5, 0.6) is 5.75 Å². The second-order valence-corrected chi connectivity index (χ2v) is 9.10. The van der Waals surface area contributed by atoms with Crippen molar-refractivity contribution in [3.8, 4) is 5.75 Å². The largest absolute Gasteiger partial charge is 0.461 e. The number of carbonyl (C=O) groups is 1. The van der Waals surface area contributed by atoms with E-state index in [1.807, 2.05) is 18.2 Å². The van der Waals surface area contributed by atoms with Gasteiger partial charge < -0.3 is 9.26 Å². The topological polar surface area (TPSA) is 64.6 Å². The molecule has 0 aromatic heterocycles. The zero-order chi connectivity index (χ0) is 22.0. The molecular weight excluding hydrogens is 397 g/mol. The van der Waals surface area contributed by atoms with E-state index in [-0.39, 0.29) is 12.1 Å². The molecule has 1 rings (SSSR count). The Morgan fingerprint density at radius 3 is 1.97 bits per heavy atom. The van der Waals surface area contributed by atoms with Gasteiger partial charge in [-0.25, -0.2) is 5.09 Å². The Labute approximate surface area is 184 Å². The fraction of sp³-hybridized carbons (Fsp3) is 0.708. The van der Waals surface area contributed by atoms with Crippen LogP contribution >= 0.6 is 8.18 Å². The summed E-state index contributed by atoms with van der Waals surface area (Å²) >= 11 is 0. The van der Waals surface area contributed by atoms with Crippen LogP contribution in [0.1, 0.15) is 97.8 Å². The van der Waals surface area contributed by atoms with Gasteiger partial charge in [0, 0.05) is 0 Å². The van der Waals surface area contributed by atoms with Crippen molar-refractivity contribution in [2.24, 2.45) is 0 Å². The lowest BCUT2D eigenvalue weighted by Crippen LogP contribution is -2.34. The lowest BCUT2D eigenvalue weighted by molar-refractivity contribution is -0.151. The van der Waals surface area contributed by atoms with Crippen molar-refractivity contribution in [2.75, 3.05) is 0 Å². The number of hydrogen-bond acceptors (Lipinski definition) is 4. The van der Waals surface area contributed by atoms with E-state index in [2.05, 4.69) is 18.9 Å². The molecule has 1 unspecified atom stereocenters. The molecule has 0 saturated heterocycles. The van der Waals surface area contributed by atoms with Crippen LogP contribution in [0.15, 0.2) is 30.3 Å². The predicted octanol–water partition coefficient (Wildman–Crippen LogP) is 7.07. The fourth-order valence-corrected chi connectivity index (χ4v) is 4.22. The first-order valence-corrected chi connectivity index (χ1v) is 13.1. The summed E-state index contributed by atoms with van der Waals surface area (Å²) in [7, 11) is -2.58. The van der Waals surface area contributed by atoms with Crippen molar-refractivity contribution in [3.63, 3.8) is 0 Å². The van der Waals surface area contributed by atoms with Gasteiger partial charge in [0.15, 0.2) is 0 Å². The minimum absolute atomic E-state index is 0.0534. The molecule has 30 heavy (non-hydrogen) atoms. The maximum atomic E-state index is 12.5. The van der Waals surface area contributed by atoms with Gasteiger partial charge in [0.05, 0.1) is 0 Å². The highest BCUT2D eigenvalue weighted by Crippen LogP contribution is 2.24. The van der Waals surface area contributed by atoms with Crippen molar-refractivity contribution in [1.82, 2.24) is 5.09 Å². The maximum Gasteiger partial charge on any atom is 0.323 e. The summed E-state index contributed by atoms with van der Waals surface area (Å²) in [4.78, 5) is 12.5. The SMILES string of the molecule is CCCCCCCC(CCCCCCC)OC(=O)[C@H](C)N[PH](=O)Oc1ccccc1. The molecule has 1 aromatic rings. The summed E-state index contributed by atoms with van der Waals surface area (Å²) in [5.41, 5.74) is 0. The maximum absolute atomic E-state index is 12.5. The molecule has 0 aliphatic heterocycles. The summed E-state index contributed by atoms with van der Waals surface area (Å²) in [6.45, 7) is 6.10. The van der Waals surface area contributed by atoms with Gasteiger partial charge in [0.25, 0.3) is 0 Å². The third kappa shape index (κ3) is 13.1. The lowest BCUT2D eigenvalue weighted by atomic mass is 10.0. The summed E-state index contributed by atoms with van der Waals surface area (Å²) in [5, 5.41) is 2.75.